The van der Waals surface area contributed by atoms with Crippen LogP contribution in [0.2, 0.25) is 5.02 Å². The molecule has 2 atom stereocenters. The van der Waals surface area contributed by atoms with Gasteiger partial charge in [0.25, 0.3) is 0 Å². The van der Waals surface area contributed by atoms with Crippen molar-refractivity contribution < 1.29 is 32.6 Å². The van der Waals surface area contributed by atoms with Crippen LogP contribution in [-0.4, -0.2) is 48.6 Å². The van der Waals surface area contributed by atoms with Crippen LogP contribution in [0.5, 0.6) is 5.88 Å². The number of halogens is 3. The van der Waals surface area contributed by atoms with Gasteiger partial charge >= 0.3 is 6.09 Å². The third kappa shape index (κ3) is 6.37. The lowest BCUT2D eigenvalue weighted by Crippen LogP contribution is -2.38. The van der Waals surface area contributed by atoms with E-state index in [1.165, 1.54) is 20.3 Å². The number of hydrogen-bond acceptors (Lipinski definition) is 6. The number of anilines is 2. The van der Waals surface area contributed by atoms with E-state index in [1.807, 2.05) is 13.0 Å². The molecule has 2 aromatic carbocycles. The molecule has 9 nitrogen and oxygen atoms in total. The third-order valence-electron chi connectivity index (χ3n) is 7.90. The molecular weight excluding hydrogens is 594 g/mol. The molecule has 2 unspecified atom stereocenters. The van der Waals surface area contributed by atoms with Gasteiger partial charge in [-0.15, -0.1) is 0 Å². The Labute approximate surface area is 258 Å². The van der Waals surface area contributed by atoms with E-state index in [0.29, 0.717) is 53.3 Å². The summed E-state index contributed by atoms with van der Waals surface area (Å²) in [6.07, 6.45) is 2.39. The van der Waals surface area contributed by atoms with E-state index < -0.39 is 29.7 Å². The molecule has 44 heavy (non-hydrogen) atoms. The fraction of sp³-hybridized carbons (Fsp3) is 0.312. The van der Waals surface area contributed by atoms with E-state index in [9.17, 15) is 23.2 Å². The fourth-order valence-corrected chi connectivity index (χ4v) is 5.71. The summed E-state index contributed by atoms with van der Waals surface area (Å²) in [4.78, 5) is 45.0. The number of methoxy groups -OCH3 is 2. The normalized spacial score (nSPS) is 18.7. The topological polar surface area (TPSA) is 110 Å². The Hall–Kier alpha value is -4.51. The maximum Gasteiger partial charge on any atom is 0.411 e. The van der Waals surface area contributed by atoms with Crippen molar-refractivity contribution in [2.24, 2.45) is 5.92 Å². The smallest absolute Gasteiger partial charge is 0.411 e. The lowest BCUT2D eigenvalue weighted by atomic mass is 9.92. The maximum atomic E-state index is 14.8. The Balaban J connectivity index is 1.58. The Morgan fingerprint density at radius 2 is 1.91 bits per heavy atom. The maximum absolute atomic E-state index is 14.8. The van der Waals surface area contributed by atoms with Gasteiger partial charge in [0.1, 0.15) is 5.82 Å². The number of fused-ring (bicyclic) bond motifs is 4. The molecule has 1 aromatic heterocycles. The SMILES string of the molecule is COC(=O)Nc1ccc2c(c1)NC(=O)C(C)CCCC(N1CCC(c3c(F)ccc(Cl)c3F)=CC1=O)c1cc-2cc(OC)n1. The molecule has 230 valence electrons. The average Bonchev–Trinajstić information content (AvgIpc) is 3.01. The first kappa shape index (κ1) is 30.9. The zero-order chi connectivity index (χ0) is 31.5. The summed E-state index contributed by atoms with van der Waals surface area (Å²) in [7, 11) is 2.74. The van der Waals surface area contributed by atoms with Crippen LogP contribution in [-0.2, 0) is 14.3 Å². The van der Waals surface area contributed by atoms with E-state index in [1.54, 1.807) is 29.2 Å². The third-order valence-corrected chi connectivity index (χ3v) is 8.19. The number of pyridine rings is 1. The minimum absolute atomic E-state index is 0.185. The molecule has 2 aliphatic rings. The Kier molecular flexibility index (Phi) is 9.14. The van der Waals surface area contributed by atoms with Crippen LogP contribution >= 0.6 is 11.6 Å². The van der Waals surface area contributed by atoms with Crippen LogP contribution in [0.15, 0.2) is 48.5 Å². The van der Waals surface area contributed by atoms with Crippen molar-refractivity contribution >= 4 is 46.5 Å². The number of nitrogens with zero attached hydrogens (tertiary/aromatic N) is 2. The van der Waals surface area contributed by atoms with E-state index in [-0.39, 0.29) is 40.9 Å². The summed E-state index contributed by atoms with van der Waals surface area (Å²) < 4.78 is 39.6. The summed E-state index contributed by atoms with van der Waals surface area (Å²) in [5.41, 5.74) is 2.67. The Bertz CT molecular complexity index is 1660. The highest BCUT2D eigenvalue weighted by Gasteiger charge is 2.32. The van der Waals surface area contributed by atoms with E-state index in [0.717, 1.165) is 12.1 Å². The number of nitrogens with one attached hydrogen (secondary N) is 2. The fourth-order valence-electron chi connectivity index (χ4n) is 5.55. The molecule has 0 spiro atoms. The van der Waals surface area contributed by atoms with Crippen molar-refractivity contribution in [3.63, 3.8) is 0 Å². The number of amides is 3. The van der Waals surface area contributed by atoms with Gasteiger partial charge in [-0.05, 0) is 60.7 Å². The predicted octanol–water partition coefficient (Wildman–Crippen LogP) is 6.98. The quantitative estimate of drug-likeness (QED) is 0.303. The van der Waals surface area contributed by atoms with Crippen molar-refractivity contribution in [2.75, 3.05) is 31.4 Å². The lowest BCUT2D eigenvalue weighted by molar-refractivity contribution is -0.129. The van der Waals surface area contributed by atoms with Gasteiger partial charge in [-0.1, -0.05) is 31.0 Å². The summed E-state index contributed by atoms with van der Waals surface area (Å²) in [5, 5.41) is 5.37. The van der Waals surface area contributed by atoms with E-state index in [2.05, 4.69) is 10.6 Å². The second kappa shape index (κ2) is 13.0. The van der Waals surface area contributed by atoms with Crippen LogP contribution in [0.1, 0.15) is 49.9 Å². The van der Waals surface area contributed by atoms with Gasteiger partial charge < -0.3 is 19.7 Å². The molecule has 3 amide bonds. The van der Waals surface area contributed by atoms with Crippen LogP contribution in [0.4, 0.5) is 25.0 Å². The first-order chi connectivity index (χ1) is 21.1. The standard InChI is InChI=1S/C32H31ClF2N4O5/c1-17-5-4-6-26(39-12-11-18(15-28(39)40)29-23(34)10-9-22(33)30(29)35)25-13-19(14-27(37-25)43-2)21-8-7-20(36-32(42)44-3)16-24(21)38-31(17)41/h7-10,13-17,26H,4-6,11-12H2,1-3H3,(H,36,42)(H,38,41). The summed E-state index contributed by atoms with van der Waals surface area (Å²) in [6.45, 7) is 2.01. The minimum atomic E-state index is -0.903. The second-order valence-corrected chi connectivity index (χ2v) is 11.1. The van der Waals surface area contributed by atoms with Crippen LogP contribution < -0.4 is 15.4 Å². The number of hydrogen-bond donors (Lipinski definition) is 2. The van der Waals surface area contributed by atoms with Crippen molar-refractivity contribution in [3.8, 4) is 17.0 Å². The number of carbonyl (C=O) groups is 3. The largest absolute Gasteiger partial charge is 0.481 e. The molecule has 0 saturated carbocycles. The molecule has 0 radical (unpaired) electrons. The van der Waals surface area contributed by atoms with Gasteiger partial charge in [0.15, 0.2) is 5.82 Å². The van der Waals surface area contributed by atoms with Crippen molar-refractivity contribution in [1.82, 2.24) is 9.88 Å². The number of aromatic nitrogens is 1. The molecule has 2 bridgehead atoms. The zero-order valence-corrected chi connectivity index (χ0v) is 25.1. The second-order valence-electron chi connectivity index (χ2n) is 10.7. The Morgan fingerprint density at radius 1 is 1.11 bits per heavy atom. The van der Waals surface area contributed by atoms with Crippen molar-refractivity contribution in [3.05, 3.63) is 76.5 Å². The molecule has 0 saturated heterocycles. The van der Waals surface area contributed by atoms with Gasteiger partial charge in [0.2, 0.25) is 17.7 Å². The zero-order valence-electron chi connectivity index (χ0n) is 24.4. The number of carbonyl (C=O) groups excluding carboxylic acids is 3. The molecule has 2 aliphatic heterocycles. The van der Waals surface area contributed by atoms with E-state index in [4.69, 9.17) is 26.1 Å². The molecule has 2 N–H and O–H groups in total. The summed E-state index contributed by atoms with van der Waals surface area (Å²) in [6, 6.07) is 10.3. The summed E-state index contributed by atoms with van der Waals surface area (Å²) in [5.74, 6) is -2.38. The average molecular weight is 625 g/mol. The van der Waals surface area contributed by atoms with Gasteiger partial charge in [-0.25, -0.2) is 18.6 Å². The number of ether oxygens (including phenoxy) is 2. The molecule has 0 fully saturated rings. The van der Waals surface area contributed by atoms with Crippen LogP contribution in [0.3, 0.4) is 0 Å². The Morgan fingerprint density at radius 3 is 2.64 bits per heavy atom. The van der Waals surface area contributed by atoms with Crippen molar-refractivity contribution in [2.45, 2.75) is 38.6 Å². The highest BCUT2D eigenvalue weighted by Crippen LogP contribution is 2.39. The van der Waals surface area contributed by atoms with Gasteiger partial charge in [0, 0.05) is 35.9 Å². The number of rotatable bonds is 4. The highest BCUT2D eigenvalue weighted by atomic mass is 35.5. The number of benzene rings is 2. The minimum Gasteiger partial charge on any atom is -0.481 e. The first-order valence-corrected chi connectivity index (χ1v) is 14.5. The van der Waals surface area contributed by atoms with Crippen molar-refractivity contribution in [1.29, 1.82) is 0 Å². The van der Waals surface area contributed by atoms with Crippen LogP contribution in [0.25, 0.3) is 16.7 Å². The van der Waals surface area contributed by atoms with Gasteiger partial charge in [-0.3, -0.25) is 14.9 Å². The molecule has 5 rings (SSSR count). The van der Waals surface area contributed by atoms with Crippen LogP contribution in [0, 0.1) is 17.6 Å². The molecular formula is C32H31ClF2N4O5. The molecule has 12 heteroatoms. The van der Waals surface area contributed by atoms with Gasteiger partial charge in [0.05, 0.1) is 42.2 Å². The predicted molar refractivity (Wildman–Crippen MR) is 162 cm³/mol. The highest BCUT2D eigenvalue weighted by molar-refractivity contribution is 6.31. The summed E-state index contributed by atoms with van der Waals surface area (Å²) >= 11 is 5.90. The van der Waals surface area contributed by atoms with Gasteiger partial charge in [-0.2, -0.15) is 0 Å². The lowest BCUT2D eigenvalue weighted by Gasteiger charge is -2.35. The molecule has 0 aliphatic carbocycles. The monoisotopic (exact) mass is 624 g/mol. The molecule has 3 aromatic rings. The first-order valence-electron chi connectivity index (χ1n) is 14.1. The van der Waals surface area contributed by atoms with E-state index >= 15 is 0 Å². The molecule has 3 heterocycles.